The van der Waals surface area contributed by atoms with Crippen LogP contribution in [0, 0.1) is 0 Å². The Kier molecular flexibility index (Phi) is 7.23. The highest BCUT2D eigenvalue weighted by atomic mass is 35.5. The first-order chi connectivity index (χ1) is 13.8. The highest BCUT2D eigenvalue weighted by Crippen LogP contribution is 2.31. The first-order valence-corrected chi connectivity index (χ1v) is 11.6. The van der Waals surface area contributed by atoms with Gasteiger partial charge in [0.15, 0.2) is 5.11 Å². The van der Waals surface area contributed by atoms with E-state index in [4.69, 9.17) is 40.2 Å². The first-order valence-electron chi connectivity index (χ1n) is 9.02. The van der Waals surface area contributed by atoms with E-state index in [0.29, 0.717) is 40.3 Å². The van der Waals surface area contributed by atoms with E-state index >= 15 is 0 Å². The Bertz CT molecular complexity index is 1010. The van der Waals surface area contributed by atoms with Crippen molar-refractivity contribution in [3.8, 4) is 5.75 Å². The van der Waals surface area contributed by atoms with Crippen molar-refractivity contribution in [1.29, 1.82) is 0 Å². The van der Waals surface area contributed by atoms with Crippen LogP contribution in [0.15, 0.2) is 41.3 Å². The third kappa shape index (κ3) is 5.32. The van der Waals surface area contributed by atoms with Gasteiger partial charge in [-0.1, -0.05) is 29.6 Å². The lowest BCUT2D eigenvalue weighted by Crippen LogP contribution is -2.35. The normalized spacial score (nSPS) is 15.0. The predicted molar refractivity (Wildman–Crippen MR) is 122 cm³/mol. The summed E-state index contributed by atoms with van der Waals surface area (Å²) in [6.45, 7) is 1.08. The summed E-state index contributed by atoms with van der Waals surface area (Å²) in [5, 5.41) is 7.21. The predicted octanol–water partition coefficient (Wildman–Crippen LogP) is 4.99. The molecule has 0 radical (unpaired) electrons. The second-order valence-corrected chi connectivity index (χ2v) is 9.72. The first kappa shape index (κ1) is 22.1. The van der Waals surface area contributed by atoms with Crippen LogP contribution in [-0.2, 0) is 10.0 Å². The Hall–Kier alpha value is -1.58. The van der Waals surface area contributed by atoms with Crippen LogP contribution < -0.4 is 15.4 Å². The minimum absolute atomic E-state index is 0.196. The molecule has 1 aliphatic rings. The molecular formula is C19H21Cl2N3O3S2. The Morgan fingerprint density at radius 2 is 1.69 bits per heavy atom. The molecule has 0 aliphatic carbocycles. The largest absolute Gasteiger partial charge is 0.495 e. The molecule has 156 valence electrons. The molecule has 0 bridgehead atoms. The van der Waals surface area contributed by atoms with Gasteiger partial charge >= 0.3 is 0 Å². The molecule has 0 spiro atoms. The van der Waals surface area contributed by atoms with Gasteiger partial charge < -0.3 is 15.4 Å². The average Bonchev–Trinajstić information content (AvgIpc) is 2.71. The smallest absolute Gasteiger partial charge is 0.243 e. The van der Waals surface area contributed by atoms with E-state index in [9.17, 15) is 8.42 Å². The van der Waals surface area contributed by atoms with Crippen molar-refractivity contribution in [3.63, 3.8) is 0 Å². The maximum atomic E-state index is 12.9. The number of halogens is 2. The molecule has 1 aliphatic heterocycles. The SMILES string of the molecule is COc1cc(S(=O)(=O)N2CCCCC2)ccc1NC(=S)Nc1ccc(Cl)cc1Cl. The Balaban J connectivity index is 1.77. The minimum atomic E-state index is -3.55. The van der Waals surface area contributed by atoms with Crippen LogP contribution in [0.4, 0.5) is 11.4 Å². The van der Waals surface area contributed by atoms with Crippen LogP contribution in [0.25, 0.3) is 0 Å². The maximum absolute atomic E-state index is 12.9. The van der Waals surface area contributed by atoms with Crippen LogP contribution >= 0.6 is 35.4 Å². The van der Waals surface area contributed by atoms with E-state index in [2.05, 4.69) is 10.6 Å². The zero-order chi connectivity index (χ0) is 21.0. The van der Waals surface area contributed by atoms with Gasteiger partial charge in [0.2, 0.25) is 10.0 Å². The summed E-state index contributed by atoms with van der Waals surface area (Å²) in [4.78, 5) is 0.196. The van der Waals surface area contributed by atoms with Crippen molar-refractivity contribution in [3.05, 3.63) is 46.4 Å². The number of piperidine rings is 1. The lowest BCUT2D eigenvalue weighted by atomic mass is 10.2. The molecule has 6 nitrogen and oxygen atoms in total. The van der Waals surface area contributed by atoms with E-state index in [1.807, 2.05) is 0 Å². The van der Waals surface area contributed by atoms with Gasteiger partial charge in [-0.15, -0.1) is 0 Å². The number of hydrogen-bond donors (Lipinski definition) is 2. The molecule has 1 fully saturated rings. The highest BCUT2D eigenvalue weighted by Gasteiger charge is 2.26. The van der Waals surface area contributed by atoms with Gasteiger partial charge in [-0.3, -0.25) is 0 Å². The van der Waals surface area contributed by atoms with Crippen LogP contribution in [0.5, 0.6) is 5.75 Å². The number of hydrogen-bond acceptors (Lipinski definition) is 4. The summed E-state index contributed by atoms with van der Waals surface area (Å²) < 4.78 is 32.7. The van der Waals surface area contributed by atoms with Crippen molar-refractivity contribution < 1.29 is 13.2 Å². The molecule has 0 amide bonds. The highest BCUT2D eigenvalue weighted by molar-refractivity contribution is 7.89. The van der Waals surface area contributed by atoms with Gasteiger partial charge in [-0.05, 0) is 55.4 Å². The number of rotatable bonds is 5. The minimum Gasteiger partial charge on any atom is -0.495 e. The van der Waals surface area contributed by atoms with Crippen molar-refractivity contribution in [2.45, 2.75) is 24.2 Å². The fourth-order valence-corrected chi connectivity index (χ4v) is 5.27. The standard InChI is InChI=1S/C19H21Cl2N3O3S2/c1-27-18-12-14(29(25,26)24-9-3-2-4-10-24)6-8-17(18)23-19(28)22-16-7-5-13(20)11-15(16)21/h5-8,11-12H,2-4,9-10H2,1H3,(H2,22,23,28). The number of nitrogens with one attached hydrogen (secondary N) is 2. The molecule has 0 saturated carbocycles. The van der Waals surface area contributed by atoms with E-state index < -0.39 is 10.0 Å². The van der Waals surface area contributed by atoms with Crippen LogP contribution in [-0.4, -0.2) is 38.0 Å². The lowest BCUT2D eigenvalue weighted by molar-refractivity contribution is 0.346. The zero-order valence-electron chi connectivity index (χ0n) is 15.7. The number of thiocarbonyl (C=S) groups is 1. The van der Waals surface area contributed by atoms with Gasteiger partial charge in [0, 0.05) is 24.2 Å². The molecule has 29 heavy (non-hydrogen) atoms. The van der Waals surface area contributed by atoms with E-state index in [0.717, 1.165) is 19.3 Å². The summed E-state index contributed by atoms with van der Waals surface area (Å²) >= 11 is 17.4. The number of benzene rings is 2. The summed E-state index contributed by atoms with van der Waals surface area (Å²) in [5.41, 5.74) is 1.13. The molecule has 1 heterocycles. The number of nitrogens with zero attached hydrogens (tertiary/aromatic N) is 1. The average molecular weight is 474 g/mol. The van der Waals surface area contributed by atoms with Gasteiger partial charge in [0.05, 0.1) is 28.4 Å². The van der Waals surface area contributed by atoms with Gasteiger partial charge in [-0.2, -0.15) is 4.31 Å². The third-order valence-electron chi connectivity index (χ3n) is 4.55. The third-order valence-corrected chi connectivity index (χ3v) is 7.20. The molecule has 2 aromatic rings. The van der Waals surface area contributed by atoms with E-state index in [1.54, 1.807) is 30.3 Å². The molecule has 2 aromatic carbocycles. The molecule has 0 unspecified atom stereocenters. The van der Waals surface area contributed by atoms with Crippen molar-refractivity contribution in [2.24, 2.45) is 0 Å². The second kappa shape index (κ2) is 9.49. The van der Waals surface area contributed by atoms with Crippen LogP contribution in [0.1, 0.15) is 19.3 Å². The fraction of sp³-hybridized carbons (Fsp3) is 0.316. The van der Waals surface area contributed by atoms with Crippen molar-refractivity contribution in [2.75, 3.05) is 30.8 Å². The summed E-state index contributed by atoms with van der Waals surface area (Å²) in [6.07, 6.45) is 2.81. The monoisotopic (exact) mass is 473 g/mol. The lowest BCUT2D eigenvalue weighted by Gasteiger charge is -2.26. The van der Waals surface area contributed by atoms with Crippen LogP contribution in [0.2, 0.25) is 10.0 Å². The summed E-state index contributed by atoms with van der Waals surface area (Å²) in [6, 6.07) is 9.70. The number of sulfonamides is 1. The molecular weight excluding hydrogens is 453 g/mol. The van der Waals surface area contributed by atoms with Crippen molar-refractivity contribution in [1.82, 2.24) is 4.31 Å². The summed E-state index contributed by atoms with van der Waals surface area (Å²) in [7, 11) is -2.07. The van der Waals surface area contributed by atoms with Crippen LogP contribution in [0.3, 0.4) is 0 Å². The van der Waals surface area contributed by atoms with E-state index in [-0.39, 0.29) is 10.0 Å². The van der Waals surface area contributed by atoms with Crippen molar-refractivity contribution >= 4 is 61.9 Å². The summed E-state index contributed by atoms with van der Waals surface area (Å²) in [5.74, 6) is 0.370. The van der Waals surface area contributed by atoms with Gasteiger partial charge in [0.1, 0.15) is 5.75 Å². The number of ether oxygens (including phenoxy) is 1. The molecule has 0 aromatic heterocycles. The molecule has 10 heteroatoms. The second-order valence-electron chi connectivity index (χ2n) is 6.53. The number of anilines is 2. The Labute approximate surface area is 186 Å². The maximum Gasteiger partial charge on any atom is 0.243 e. The Morgan fingerprint density at radius 3 is 2.34 bits per heavy atom. The fourth-order valence-electron chi connectivity index (χ4n) is 3.06. The zero-order valence-corrected chi connectivity index (χ0v) is 18.9. The Morgan fingerprint density at radius 1 is 1.03 bits per heavy atom. The van der Waals surface area contributed by atoms with E-state index in [1.165, 1.54) is 17.5 Å². The molecule has 0 atom stereocenters. The van der Waals surface area contributed by atoms with Gasteiger partial charge in [0.25, 0.3) is 0 Å². The molecule has 2 N–H and O–H groups in total. The molecule has 1 saturated heterocycles. The van der Waals surface area contributed by atoms with Gasteiger partial charge in [-0.25, -0.2) is 8.42 Å². The quantitative estimate of drug-likeness (QED) is 0.596. The topological polar surface area (TPSA) is 70.7 Å². The molecule has 3 rings (SSSR count). The number of methoxy groups -OCH3 is 1.